The molecular weight excluding hydrogens is 537 g/mol. The van der Waals surface area contributed by atoms with Crippen LogP contribution in [0.2, 0.25) is 0 Å². The van der Waals surface area contributed by atoms with Gasteiger partial charge in [0, 0.05) is 32.2 Å². The molecule has 8 nitrogen and oxygen atoms in total. The first-order valence-electron chi connectivity index (χ1n) is 14.2. The van der Waals surface area contributed by atoms with Crippen LogP contribution in [0, 0.1) is 5.82 Å². The Morgan fingerprint density at radius 2 is 1.60 bits per heavy atom. The van der Waals surface area contributed by atoms with E-state index in [4.69, 9.17) is 14.2 Å². The van der Waals surface area contributed by atoms with Gasteiger partial charge in [0.25, 0.3) is 0 Å². The van der Waals surface area contributed by atoms with Crippen molar-refractivity contribution in [2.24, 2.45) is 0 Å². The summed E-state index contributed by atoms with van der Waals surface area (Å²) in [5, 5.41) is 3.04. The van der Waals surface area contributed by atoms with Crippen molar-refractivity contribution < 1.29 is 28.2 Å². The van der Waals surface area contributed by atoms with Gasteiger partial charge in [-0.1, -0.05) is 48.5 Å². The van der Waals surface area contributed by atoms with E-state index in [0.717, 1.165) is 16.7 Å². The fraction of sp³-hybridized carbons (Fsp3) is 0.394. The third-order valence-electron chi connectivity index (χ3n) is 6.99. The summed E-state index contributed by atoms with van der Waals surface area (Å²) in [4.78, 5) is 29.6. The zero-order valence-corrected chi connectivity index (χ0v) is 24.8. The molecule has 1 N–H and O–H groups in total. The standard InChI is InChI=1S/C33H40FN3O5/c1-33(2,3)42-32(39)36-18-16-28(17-19-36)37(22-24-10-13-27(34)14-11-24)31(38)35-21-26-12-15-29(40-4)30(20-26)41-23-25-8-6-5-7-9-25/h5-15,20,28H,16-19,21-23H2,1-4H3,(H,35,38). The molecule has 3 aromatic carbocycles. The average Bonchev–Trinajstić information content (AvgIpc) is 2.98. The summed E-state index contributed by atoms with van der Waals surface area (Å²) in [5.74, 6) is 0.867. The number of ether oxygens (including phenoxy) is 3. The maximum atomic E-state index is 13.6. The van der Waals surface area contributed by atoms with Gasteiger partial charge >= 0.3 is 12.1 Å². The molecule has 224 valence electrons. The van der Waals surface area contributed by atoms with Crippen LogP contribution in [-0.4, -0.2) is 53.8 Å². The summed E-state index contributed by atoms with van der Waals surface area (Å²) in [6.07, 6.45) is 0.863. The highest BCUT2D eigenvalue weighted by atomic mass is 19.1. The highest BCUT2D eigenvalue weighted by Crippen LogP contribution is 2.29. The molecular formula is C33H40FN3O5. The number of hydrogen-bond donors (Lipinski definition) is 1. The van der Waals surface area contributed by atoms with Gasteiger partial charge in [-0.05, 0) is 74.6 Å². The van der Waals surface area contributed by atoms with Crippen LogP contribution in [0.3, 0.4) is 0 Å². The Kier molecular flexibility index (Phi) is 10.3. The minimum absolute atomic E-state index is 0.102. The van der Waals surface area contributed by atoms with Gasteiger partial charge < -0.3 is 29.3 Å². The van der Waals surface area contributed by atoms with Crippen molar-refractivity contribution in [1.29, 1.82) is 0 Å². The third-order valence-corrected chi connectivity index (χ3v) is 6.99. The van der Waals surface area contributed by atoms with Gasteiger partial charge in [0.05, 0.1) is 7.11 Å². The van der Waals surface area contributed by atoms with Crippen LogP contribution in [0.25, 0.3) is 0 Å². The van der Waals surface area contributed by atoms with E-state index >= 15 is 0 Å². The number of nitrogens with one attached hydrogen (secondary N) is 1. The second-order valence-electron chi connectivity index (χ2n) is 11.4. The predicted molar refractivity (Wildman–Crippen MR) is 159 cm³/mol. The van der Waals surface area contributed by atoms with Crippen molar-refractivity contribution in [2.75, 3.05) is 20.2 Å². The van der Waals surface area contributed by atoms with Crippen LogP contribution in [-0.2, 0) is 24.4 Å². The molecule has 1 heterocycles. The number of likely N-dealkylation sites (tertiary alicyclic amines) is 1. The minimum Gasteiger partial charge on any atom is -0.493 e. The molecule has 0 aromatic heterocycles. The quantitative estimate of drug-likeness (QED) is 0.313. The second-order valence-corrected chi connectivity index (χ2v) is 11.4. The highest BCUT2D eigenvalue weighted by Gasteiger charge is 2.31. The zero-order valence-electron chi connectivity index (χ0n) is 24.8. The van der Waals surface area contributed by atoms with Crippen LogP contribution in [0.5, 0.6) is 11.5 Å². The van der Waals surface area contributed by atoms with E-state index in [1.165, 1.54) is 12.1 Å². The highest BCUT2D eigenvalue weighted by molar-refractivity contribution is 5.75. The van der Waals surface area contributed by atoms with E-state index in [1.807, 2.05) is 69.3 Å². The molecule has 9 heteroatoms. The topological polar surface area (TPSA) is 80.3 Å². The van der Waals surface area contributed by atoms with E-state index in [0.29, 0.717) is 50.6 Å². The number of urea groups is 1. The van der Waals surface area contributed by atoms with Crippen LogP contribution >= 0.6 is 0 Å². The number of amides is 3. The molecule has 0 bridgehead atoms. The largest absolute Gasteiger partial charge is 0.493 e. The number of piperidine rings is 1. The van der Waals surface area contributed by atoms with Gasteiger partial charge in [0.2, 0.25) is 0 Å². The molecule has 0 spiro atoms. The van der Waals surface area contributed by atoms with Gasteiger partial charge in [0.15, 0.2) is 11.5 Å². The number of carbonyl (C=O) groups excluding carboxylic acids is 2. The zero-order chi connectivity index (χ0) is 30.1. The molecule has 3 aromatic rings. The Balaban J connectivity index is 1.42. The minimum atomic E-state index is -0.573. The molecule has 0 radical (unpaired) electrons. The van der Waals surface area contributed by atoms with Gasteiger partial charge in [0.1, 0.15) is 18.0 Å². The lowest BCUT2D eigenvalue weighted by atomic mass is 10.0. The third kappa shape index (κ3) is 8.86. The molecule has 1 aliphatic rings. The lowest BCUT2D eigenvalue weighted by Gasteiger charge is -2.39. The van der Waals surface area contributed by atoms with E-state index < -0.39 is 5.60 Å². The lowest BCUT2D eigenvalue weighted by molar-refractivity contribution is 0.0161. The maximum absolute atomic E-state index is 13.6. The summed E-state index contributed by atoms with van der Waals surface area (Å²) in [7, 11) is 1.59. The van der Waals surface area contributed by atoms with Crippen molar-refractivity contribution in [1.82, 2.24) is 15.1 Å². The Morgan fingerprint density at radius 1 is 0.929 bits per heavy atom. The monoisotopic (exact) mass is 577 g/mol. The van der Waals surface area contributed by atoms with Crippen molar-refractivity contribution in [3.8, 4) is 11.5 Å². The molecule has 1 aliphatic heterocycles. The number of hydrogen-bond acceptors (Lipinski definition) is 5. The SMILES string of the molecule is COc1ccc(CNC(=O)N(Cc2ccc(F)cc2)C2CCN(C(=O)OC(C)(C)C)CC2)cc1OCc1ccccc1. The summed E-state index contributed by atoms with van der Waals surface area (Å²) in [6, 6.07) is 21.3. The van der Waals surface area contributed by atoms with Crippen molar-refractivity contribution in [2.45, 2.75) is 65.0 Å². The van der Waals surface area contributed by atoms with Crippen LogP contribution in [0.4, 0.5) is 14.0 Å². The smallest absolute Gasteiger partial charge is 0.410 e. The summed E-state index contributed by atoms with van der Waals surface area (Å²) >= 11 is 0. The molecule has 3 amide bonds. The molecule has 4 rings (SSSR count). The number of rotatable bonds is 9. The maximum Gasteiger partial charge on any atom is 0.410 e. The first-order valence-corrected chi connectivity index (χ1v) is 14.2. The van der Waals surface area contributed by atoms with Gasteiger partial charge in [-0.3, -0.25) is 0 Å². The van der Waals surface area contributed by atoms with Crippen molar-refractivity contribution >= 4 is 12.1 Å². The van der Waals surface area contributed by atoms with E-state index in [2.05, 4.69) is 5.32 Å². The van der Waals surface area contributed by atoms with Crippen LogP contribution in [0.15, 0.2) is 72.8 Å². The molecule has 0 saturated carbocycles. The fourth-order valence-electron chi connectivity index (χ4n) is 4.80. The Hall–Kier alpha value is -4.27. The molecule has 0 aliphatic carbocycles. The van der Waals surface area contributed by atoms with E-state index in [1.54, 1.807) is 29.0 Å². The summed E-state index contributed by atoms with van der Waals surface area (Å²) in [6.45, 7) is 7.47. The van der Waals surface area contributed by atoms with Crippen molar-refractivity contribution in [3.63, 3.8) is 0 Å². The van der Waals surface area contributed by atoms with Crippen LogP contribution in [0.1, 0.15) is 50.3 Å². The molecule has 42 heavy (non-hydrogen) atoms. The normalized spacial score (nSPS) is 13.8. The van der Waals surface area contributed by atoms with Crippen molar-refractivity contribution in [3.05, 3.63) is 95.3 Å². The second kappa shape index (κ2) is 14.1. The average molecular weight is 578 g/mol. The van der Waals surface area contributed by atoms with Crippen LogP contribution < -0.4 is 14.8 Å². The number of halogens is 1. The summed E-state index contributed by atoms with van der Waals surface area (Å²) < 4.78 is 30.6. The number of nitrogens with zero attached hydrogens (tertiary/aromatic N) is 2. The first-order chi connectivity index (χ1) is 20.1. The Labute approximate surface area is 247 Å². The number of methoxy groups -OCH3 is 1. The van der Waals surface area contributed by atoms with Gasteiger partial charge in [-0.2, -0.15) is 0 Å². The fourth-order valence-corrected chi connectivity index (χ4v) is 4.80. The first kappa shape index (κ1) is 30.7. The number of carbonyl (C=O) groups is 2. The molecule has 0 unspecified atom stereocenters. The van der Waals surface area contributed by atoms with E-state index in [9.17, 15) is 14.0 Å². The predicted octanol–water partition coefficient (Wildman–Crippen LogP) is 6.52. The summed E-state index contributed by atoms with van der Waals surface area (Å²) in [5.41, 5.74) is 2.14. The number of benzene rings is 3. The molecule has 1 saturated heterocycles. The lowest BCUT2D eigenvalue weighted by Crippen LogP contribution is -2.51. The Bertz CT molecular complexity index is 1320. The van der Waals surface area contributed by atoms with E-state index in [-0.39, 0.29) is 30.5 Å². The Morgan fingerprint density at radius 3 is 2.24 bits per heavy atom. The molecule has 1 fully saturated rings. The molecule has 0 atom stereocenters. The van der Waals surface area contributed by atoms with Gasteiger partial charge in [-0.25, -0.2) is 14.0 Å². The van der Waals surface area contributed by atoms with Gasteiger partial charge in [-0.15, -0.1) is 0 Å².